The first-order chi connectivity index (χ1) is 9.56. The zero-order chi connectivity index (χ0) is 15.0. The van der Waals surface area contributed by atoms with E-state index in [2.05, 4.69) is 10.6 Å². The van der Waals surface area contributed by atoms with Crippen LogP contribution in [0.2, 0.25) is 5.02 Å². The number of halogens is 2. The van der Waals surface area contributed by atoms with Crippen molar-refractivity contribution in [1.29, 1.82) is 0 Å². The maximum atomic E-state index is 13.4. The zero-order valence-corrected chi connectivity index (χ0v) is 11.8. The van der Waals surface area contributed by atoms with Crippen molar-refractivity contribution in [1.82, 2.24) is 10.6 Å². The van der Waals surface area contributed by atoms with Gasteiger partial charge in [0.05, 0.1) is 17.2 Å². The van der Waals surface area contributed by atoms with Gasteiger partial charge >= 0.3 is 0 Å². The van der Waals surface area contributed by atoms with E-state index in [1.54, 1.807) is 0 Å². The molecule has 2 N–H and O–H groups in total. The van der Waals surface area contributed by atoms with Gasteiger partial charge < -0.3 is 15.4 Å². The summed E-state index contributed by atoms with van der Waals surface area (Å²) in [5.41, 5.74) is -0.195. The number of rotatable bonds is 7. The fraction of sp³-hybridized carbons (Fsp3) is 0.385. The molecule has 20 heavy (non-hydrogen) atoms. The van der Waals surface area contributed by atoms with E-state index in [9.17, 15) is 14.0 Å². The molecule has 1 rings (SSSR count). The van der Waals surface area contributed by atoms with Crippen LogP contribution in [0.1, 0.15) is 16.8 Å². The molecule has 0 aliphatic rings. The number of benzene rings is 1. The van der Waals surface area contributed by atoms with Crippen molar-refractivity contribution in [2.24, 2.45) is 0 Å². The van der Waals surface area contributed by atoms with Gasteiger partial charge in [0.15, 0.2) is 0 Å². The smallest absolute Gasteiger partial charge is 0.255 e. The minimum atomic E-state index is -0.681. The summed E-state index contributed by atoms with van der Waals surface area (Å²) in [6, 6.07) is 4.02. The highest BCUT2D eigenvalue weighted by Gasteiger charge is 2.14. The third-order valence-electron chi connectivity index (χ3n) is 2.46. The van der Waals surface area contributed by atoms with Crippen LogP contribution in [0.5, 0.6) is 0 Å². The summed E-state index contributed by atoms with van der Waals surface area (Å²) in [5.74, 6) is -1.47. The maximum absolute atomic E-state index is 13.4. The SMILES string of the molecule is COCCC(=O)NCCNC(=O)c1c(F)cccc1Cl. The Kier molecular flexibility index (Phi) is 6.97. The number of amides is 2. The van der Waals surface area contributed by atoms with Crippen molar-refractivity contribution in [2.75, 3.05) is 26.8 Å². The molecule has 0 saturated carbocycles. The quantitative estimate of drug-likeness (QED) is 0.747. The van der Waals surface area contributed by atoms with Gasteiger partial charge in [0.25, 0.3) is 5.91 Å². The van der Waals surface area contributed by atoms with Crippen LogP contribution in [0, 0.1) is 5.82 Å². The van der Waals surface area contributed by atoms with Crippen molar-refractivity contribution >= 4 is 23.4 Å². The molecule has 0 unspecified atom stereocenters. The van der Waals surface area contributed by atoms with Gasteiger partial charge in [-0.1, -0.05) is 17.7 Å². The summed E-state index contributed by atoms with van der Waals surface area (Å²) in [6.07, 6.45) is 0.254. The van der Waals surface area contributed by atoms with E-state index in [0.29, 0.717) is 6.61 Å². The van der Waals surface area contributed by atoms with Crippen LogP contribution in [0.3, 0.4) is 0 Å². The molecule has 1 aromatic rings. The van der Waals surface area contributed by atoms with Crippen molar-refractivity contribution in [3.8, 4) is 0 Å². The van der Waals surface area contributed by atoms with Crippen LogP contribution >= 0.6 is 11.6 Å². The summed E-state index contributed by atoms with van der Waals surface area (Å²) in [6.45, 7) is 0.769. The Morgan fingerprint density at radius 1 is 1.30 bits per heavy atom. The highest BCUT2D eigenvalue weighted by atomic mass is 35.5. The first kappa shape index (κ1) is 16.4. The molecule has 0 radical (unpaired) electrons. The Morgan fingerprint density at radius 3 is 2.65 bits per heavy atom. The molecule has 0 atom stereocenters. The van der Waals surface area contributed by atoms with Gasteiger partial charge in [-0.2, -0.15) is 0 Å². The molecule has 0 aliphatic heterocycles. The van der Waals surface area contributed by atoms with E-state index in [1.807, 2.05) is 0 Å². The summed E-state index contributed by atoms with van der Waals surface area (Å²) in [7, 11) is 1.51. The molecule has 0 aromatic heterocycles. The summed E-state index contributed by atoms with van der Waals surface area (Å²) >= 11 is 5.76. The van der Waals surface area contributed by atoms with Gasteiger partial charge in [-0.15, -0.1) is 0 Å². The number of methoxy groups -OCH3 is 1. The van der Waals surface area contributed by atoms with Crippen LogP contribution in [0.15, 0.2) is 18.2 Å². The van der Waals surface area contributed by atoms with Gasteiger partial charge in [-0.3, -0.25) is 9.59 Å². The number of carbonyl (C=O) groups is 2. The maximum Gasteiger partial charge on any atom is 0.255 e. The number of hydrogen-bond acceptors (Lipinski definition) is 3. The summed E-state index contributed by atoms with van der Waals surface area (Å²) < 4.78 is 18.2. The van der Waals surface area contributed by atoms with E-state index < -0.39 is 11.7 Å². The van der Waals surface area contributed by atoms with Crippen molar-refractivity contribution in [3.63, 3.8) is 0 Å². The molecule has 0 aliphatic carbocycles. The molecule has 0 bridgehead atoms. The largest absolute Gasteiger partial charge is 0.384 e. The third-order valence-corrected chi connectivity index (χ3v) is 2.77. The highest BCUT2D eigenvalue weighted by molar-refractivity contribution is 6.33. The number of ether oxygens (including phenoxy) is 1. The second kappa shape index (κ2) is 8.50. The van der Waals surface area contributed by atoms with Crippen LogP contribution < -0.4 is 10.6 Å². The predicted molar refractivity (Wildman–Crippen MR) is 73.2 cm³/mol. The Morgan fingerprint density at radius 2 is 2.00 bits per heavy atom. The minimum Gasteiger partial charge on any atom is -0.384 e. The van der Waals surface area contributed by atoms with E-state index in [4.69, 9.17) is 16.3 Å². The number of nitrogens with one attached hydrogen (secondary N) is 2. The summed E-state index contributed by atoms with van der Waals surface area (Å²) in [5, 5.41) is 5.12. The first-order valence-electron chi connectivity index (χ1n) is 6.04. The van der Waals surface area contributed by atoms with Crippen LogP contribution in [0.25, 0.3) is 0 Å². The van der Waals surface area contributed by atoms with Gasteiger partial charge in [-0.05, 0) is 12.1 Å². The zero-order valence-electron chi connectivity index (χ0n) is 11.0. The lowest BCUT2D eigenvalue weighted by Gasteiger charge is -2.08. The lowest BCUT2D eigenvalue weighted by Crippen LogP contribution is -2.35. The van der Waals surface area contributed by atoms with E-state index in [0.717, 1.165) is 6.07 Å². The molecule has 0 spiro atoms. The van der Waals surface area contributed by atoms with E-state index in [1.165, 1.54) is 19.2 Å². The fourth-order valence-electron chi connectivity index (χ4n) is 1.46. The molecular weight excluding hydrogens is 287 g/mol. The molecule has 0 fully saturated rings. The van der Waals surface area contributed by atoms with E-state index >= 15 is 0 Å². The van der Waals surface area contributed by atoms with Crippen molar-refractivity contribution in [2.45, 2.75) is 6.42 Å². The molecule has 0 saturated heterocycles. The highest BCUT2D eigenvalue weighted by Crippen LogP contribution is 2.18. The normalized spacial score (nSPS) is 10.2. The average Bonchev–Trinajstić information content (AvgIpc) is 2.41. The Bertz CT molecular complexity index is 462. The Balaban J connectivity index is 2.35. The van der Waals surface area contributed by atoms with E-state index in [-0.39, 0.29) is 36.0 Å². The summed E-state index contributed by atoms with van der Waals surface area (Å²) in [4.78, 5) is 23.0. The minimum absolute atomic E-state index is 0.0478. The predicted octanol–water partition coefficient (Wildman–Crippen LogP) is 1.36. The molecule has 7 heteroatoms. The number of carbonyl (C=O) groups excluding carboxylic acids is 2. The molecule has 110 valence electrons. The second-order valence-corrected chi connectivity index (χ2v) is 4.35. The second-order valence-electron chi connectivity index (χ2n) is 3.95. The fourth-order valence-corrected chi connectivity index (χ4v) is 1.71. The van der Waals surface area contributed by atoms with Gasteiger partial charge in [-0.25, -0.2) is 4.39 Å². The molecule has 0 heterocycles. The van der Waals surface area contributed by atoms with Gasteiger partial charge in [0.1, 0.15) is 5.82 Å². The van der Waals surface area contributed by atoms with Crippen molar-refractivity contribution in [3.05, 3.63) is 34.6 Å². The molecule has 5 nitrogen and oxygen atoms in total. The first-order valence-corrected chi connectivity index (χ1v) is 6.42. The van der Waals surface area contributed by atoms with Crippen LogP contribution in [-0.2, 0) is 9.53 Å². The lowest BCUT2D eigenvalue weighted by atomic mass is 10.2. The molecule has 2 amide bonds. The standard InChI is InChI=1S/C13H16ClFN2O3/c1-20-8-5-11(18)16-6-7-17-13(19)12-9(14)3-2-4-10(12)15/h2-4H,5-8H2,1H3,(H,16,18)(H,17,19). The monoisotopic (exact) mass is 302 g/mol. The Labute approximate surface area is 121 Å². The van der Waals surface area contributed by atoms with Gasteiger partial charge in [0.2, 0.25) is 5.91 Å². The molecular formula is C13H16ClFN2O3. The number of hydrogen-bond donors (Lipinski definition) is 2. The van der Waals surface area contributed by atoms with Crippen molar-refractivity contribution < 1.29 is 18.7 Å². The molecule has 1 aromatic carbocycles. The lowest BCUT2D eigenvalue weighted by molar-refractivity contribution is -0.121. The average molecular weight is 303 g/mol. The third kappa shape index (κ3) is 5.14. The van der Waals surface area contributed by atoms with Crippen LogP contribution in [-0.4, -0.2) is 38.6 Å². The topological polar surface area (TPSA) is 67.4 Å². The van der Waals surface area contributed by atoms with Crippen LogP contribution in [0.4, 0.5) is 4.39 Å². The Hall–Kier alpha value is -1.66. The van der Waals surface area contributed by atoms with Gasteiger partial charge in [0, 0.05) is 26.6 Å².